The first-order chi connectivity index (χ1) is 5.97. The van der Waals surface area contributed by atoms with Crippen LogP contribution < -0.4 is 0 Å². The zero-order chi connectivity index (χ0) is 8.23. The molecule has 0 fully saturated rings. The third kappa shape index (κ3) is 4.35. The van der Waals surface area contributed by atoms with Crippen LogP contribution in [-0.4, -0.2) is 9.97 Å². The molecular weight excluding hydrogens is 367 g/mol. The van der Waals surface area contributed by atoms with Crippen LogP contribution in [0, 0.1) is 14.9 Å². The van der Waals surface area contributed by atoms with Gasteiger partial charge in [-0.15, -0.1) is 0 Å². The fourth-order valence-electron chi connectivity index (χ4n) is 1.03. The smallest absolute Gasteiger partial charge is 0.358 e. The van der Waals surface area contributed by atoms with E-state index in [4.69, 9.17) is 0 Å². The summed E-state index contributed by atoms with van der Waals surface area (Å²) in [5, 5.41) is 0. The maximum Gasteiger partial charge on any atom is 4.00 e. The number of aromatic nitrogens is 2. The Morgan fingerprint density at radius 2 is 1.07 bits per heavy atom. The van der Waals surface area contributed by atoms with E-state index in [1.54, 1.807) is 12.4 Å². The fraction of sp³-hybridized carbons (Fsp3) is 0. The first-order valence-electron chi connectivity index (χ1n) is 3.79. The van der Waals surface area contributed by atoms with Crippen molar-refractivity contribution in [1.82, 2.24) is 9.97 Å². The molecule has 80 valence electrons. The molecule has 0 amide bonds. The Balaban J connectivity index is 0. The van der Waals surface area contributed by atoms with E-state index < -0.39 is 0 Å². The van der Waals surface area contributed by atoms with Gasteiger partial charge >= 0.3 is 21.1 Å². The summed E-state index contributed by atoms with van der Waals surface area (Å²) in [4.78, 5) is 8.37. The van der Waals surface area contributed by atoms with Gasteiger partial charge in [-0.1, -0.05) is 12.1 Å². The van der Waals surface area contributed by atoms with Crippen molar-refractivity contribution in [2.75, 3.05) is 0 Å². The summed E-state index contributed by atoms with van der Waals surface area (Å²) in [6.45, 7) is 0. The molecule has 0 N–H and O–H groups in total. The van der Waals surface area contributed by atoms with Crippen LogP contribution in [0.2, 0.25) is 0 Å². The average Bonchev–Trinajstić information content (AvgIpc) is 2.21. The molecule has 0 spiro atoms. The van der Waals surface area contributed by atoms with Crippen LogP contribution in [-0.2, 0) is 21.1 Å². The van der Waals surface area contributed by atoms with Gasteiger partial charge in [0.1, 0.15) is 0 Å². The SMILES string of the molecule is [CH3-].[CH3-].[Pt+4].c1ccc(-c2ccccn2)nc1. The molecule has 0 saturated carbocycles. The Bertz CT molecular complexity index is 311. The molecule has 0 unspecified atom stereocenters. The van der Waals surface area contributed by atoms with E-state index in [1.165, 1.54) is 0 Å². The molecule has 2 rings (SSSR count). The Hall–Kier alpha value is -1.01. The van der Waals surface area contributed by atoms with Crippen LogP contribution in [0.3, 0.4) is 0 Å². The molecule has 0 radical (unpaired) electrons. The Morgan fingerprint density at radius 1 is 0.667 bits per heavy atom. The van der Waals surface area contributed by atoms with Crippen LogP contribution in [0.25, 0.3) is 11.4 Å². The van der Waals surface area contributed by atoms with Crippen LogP contribution in [0.5, 0.6) is 0 Å². The fourth-order valence-corrected chi connectivity index (χ4v) is 1.03. The van der Waals surface area contributed by atoms with Gasteiger partial charge in [-0.3, -0.25) is 9.97 Å². The van der Waals surface area contributed by atoms with Gasteiger partial charge in [0, 0.05) is 12.4 Å². The normalized spacial score (nSPS) is 7.73. The molecule has 0 aromatic carbocycles. The van der Waals surface area contributed by atoms with Gasteiger partial charge in [0.25, 0.3) is 0 Å². The molecule has 2 aromatic rings. The topological polar surface area (TPSA) is 25.8 Å². The molecule has 15 heavy (non-hydrogen) atoms. The van der Waals surface area contributed by atoms with Gasteiger partial charge < -0.3 is 14.9 Å². The summed E-state index contributed by atoms with van der Waals surface area (Å²) < 4.78 is 0. The third-order valence-corrected chi connectivity index (χ3v) is 1.59. The van der Waals surface area contributed by atoms with Crippen LogP contribution >= 0.6 is 0 Å². The second-order valence-electron chi connectivity index (χ2n) is 2.43. The number of hydrogen-bond acceptors (Lipinski definition) is 2. The molecular formula is C12H14N2Pt+2. The molecule has 0 bridgehead atoms. The number of hydrogen-bond donors (Lipinski definition) is 0. The van der Waals surface area contributed by atoms with Crippen molar-refractivity contribution in [2.45, 2.75) is 0 Å². The first-order valence-corrected chi connectivity index (χ1v) is 3.79. The number of nitrogens with zero attached hydrogens (tertiary/aromatic N) is 2. The van der Waals surface area contributed by atoms with Crippen LogP contribution in [0.1, 0.15) is 0 Å². The van der Waals surface area contributed by atoms with Crippen LogP contribution in [0.15, 0.2) is 48.8 Å². The Kier molecular flexibility index (Phi) is 9.10. The van der Waals surface area contributed by atoms with Crippen LogP contribution in [0.4, 0.5) is 0 Å². The van der Waals surface area contributed by atoms with Gasteiger partial charge in [-0.25, -0.2) is 0 Å². The average molecular weight is 381 g/mol. The first kappa shape index (κ1) is 16.4. The molecule has 2 nitrogen and oxygen atoms in total. The summed E-state index contributed by atoms with van der Waals surface area (Å²) in [5.74, 6) is 0. The van der Waals surface area contributed by atoms with Crippen molar-refractivity contribution >= 4 is 0 Å². The number of rotatable bonds is 1. The van der Waals surface area contributed by atoms with Crippen molar-refractivity contribution < 1.29 is 21.1 Å². The van der Waals surface area contributed by atoms with Gasteiger partial charge in [0.05, 0.1) is 11.4 Å². The summed E-state index contributed by atoms with van der Waals surface area (Å²) in [6.07, 6.45) is 3.54. The maximum absolute atomic E-state index is 4.19. The monoisotopic (exact) mass is 381 g/mol. The number of pyridine rings is 2. The van der Waals surface area contributed by atoms with E-state index in [1.807, 2.05) is 36.4 Å². The predicted octanol–water partition coefficient (Wildman–Crippen LogP) is 3.04. The Labute approximate surface area is 106 Å². The van der Waals surface area contributed by atoms with Gasteiger partial charge in [0.15, 0.2) is 0 Å². The second-order valence-corrected chi connectivity index (χ2v) is 2.43. The summed E-state index contributed by atoms with van der Waals surface area (Å²) >= 11 is 0. The van der Waals surface area contributed by atoms with Crippen molar-refractivity contribution in [3.63, 3.8) is 0 Å². The van der Waals surface area contributed by atoms with Gasteiger partial charge in [0.2, 0.25) is 0 Å². The standard InChI is InChI=1S/C10H8N2.2CH3.Pt/c1-3-7-11-9(5-1)10-6-2-4-8-12-10;;;/h1-8H;2*1H3;/q;2*-1;+4. The van der Waals surface area contributed by atoms with E-state index in [9.17, 15) is 0 Å². The van der Waals surface area contributed by atoms with E-state index in [-0.39, 0.29) is 35.9 Å². The maximum atomic E-state index is 4.19. The zero-order valence-electron chi connectivity index (χ0n) is 8.83. The molecule has 0 aliphatic rings. The Morgan fingerprint density at radius 3 is 1.33 bits per heavy atom. The summed E-state index contributed by atoms with van der Waals surface area (Å²) in [7, 11) is 0. The predicted molar refractivity (Wildman–Crippen MR) is 60.3 cm³/mol. The minimum Gasteiger partial charge on any atom is -0.358 e. The molecule has 0 saturated heterocycles. The quantitative estimate of drug-likeness (QED) is 0.710. The van der Waals surface area contributed by atoms with Crippen molar-refractivity contribution in [3.05, 3.63) is 63.6 Å². The van der Waals surface area contributed by atoms with Crippen molar-refractivity contribution in [1.29, 1.82) is 0 Å². The largest absolute Gasteiger partial charge is 4.00 e. The molecule has 2 aromatic heterocycles. The molecule has 3 heteroatoms. The summed E-state index contributed by atoms with van der Waals surface area (Å²) in [6, 6.07) is 11.6. The zero-order valence-corrected chi connectivity index (χ0v) is 11.1. The van der Waals surface area contributed by atoms with Gasteiger partial charge in [-0.05, 0) is 24.3 Å². The molecule has 0 aliphatic heterocycles. The molecule has 0 aliphatic carbocycles. The second kappa shape index (κ2) is 8.31. The molecule has 2 heterocycles. The van der Waals surface area contributed by atoms with Crippen molar-refractivity contribution in [3.8, 4) is 11.4 Å². The van der Waals surface area contributed by atoms with Crippen molar-refractivity contribution in [2.24, 2.45) is 0 Å². The van der Waals surface area contributed by atoms with E-state index in [0.717, 1.165) is 11.4 Å². The molecule has 0 atom stereocenters. The minimum atomic E-state index is 0. The van der Waals surface area contributed by atoms with E-state index >= 15 is 0 Å². The summed E-state index contributed by atoms with van der Waals surface area (Å²) in [5.41, 5.74) is 1.83. The van der Waals surface area contributed by atoms with E-state index in [2.05, 4.69) is 9.97 Å². The van der Waals surface area contributed by atoms with Gasteiger partial charge in [-0.2, -0.15) is 0 Å². The minimum absolute atomic E-state index is 0. The third-order valence-electron chi connectivity index (χ3n) is 1.59. The van der Waals surface area contributed by atoms with E-state index in [0.29, 0.717) is 0 Å².